The fourth-order valence-corrected chi connectivity index (χ4v) is 2.00. The van der Waals surface area contributed by atoms with Gasteiger partial charge in [0, 0.05) is 17.5 Å². The van der Waals surface area contributed by atoms with Crippen LogP contribution in [0.25, 0.3) is 16.6 Å². The molecule has 3 aromatic rings. The highest BCUT2D eigenvalue weighted by Gasteiger charge is 2.19. The van der Waals surface area contributed by atoms with Crippen molar-refractivity contribution in [1.29, 1.82) is 0 Å². The number of halogens is 1. The molecule has 2 heterocycles. The second kappa shape index (κ2) is 6.73. The van der Waals surface area contributed by atoms with E-state index >= 15 is 0 Å². The van der Waals surface area contributed by atoms with Gasteiger partial charge in [-0.25, -0.2) is 18.6 Å². The lowest BCUT2D eigenvalue weighted by Gasteiger charge is -2.17. The molecule has 9 heteroatoms. The van der Waals surface area contributed by atoms with Crippen LogP contribution < -0.4 is 28.8 Å². The van der Waals surface area contributed by atoms with Crippen LogP contribution in [0, 0.1) is 10.2 Å². The number of pyridine rings is 2. The first-order valence-corrected chi connectivity index (χ1v) is 7.43. The second-order valence-corrected chi connectivity index (χ2v) is 5.11. The maximum atomic E-state index is 12.0. The molecule has 0 atom stereocenters. The van der Waals surface area contributed by atoms with E-state index in [9.17, 15) is 9.90 Å². The van der Waals surface area contributed by atoms with E-state index < -0.39 is 10.2 Å². The highest BCUT2D eigenvalue weighted by molar-refractivity contribution is 5.86. The molecule has 0 bridgehead atoms. The number of aromatic nitrogens is 2. The van der Waals surface area contributed by atoms with E-state index in [-0.39, 0.29) is 17.0 Å². The molecule has 2 N–H and O–H groups in total. The average molecular weight is 339 g/mol. The van der Waals surface area contributed by atoms with Gasteiger partial charge in [0.1, 0.15) is 0 Å². The lowest BCUT2D eigenvalue weighted by Crippen LogP contribution is -2.68. The number of nitrogens with zero attached hydrogens (tertiary/aromatic N) is 1. The van der Waals surface area contributed by atoms with Gasteiger partial charge in [0.15, 0.2) is 12.4 Å². The van der Waals surface area contributed by atoms with Gasteiger partial charge in [0.2, 0.25) is 5.75 Å². The van der Waals surface area contributed by atoms with Gasteiger partial charge in [0.25, 0.3) is 0 Å². The SMILES string of the molecule is O=c1[nH]c2ccccc2c(O)c1-[n+]1ccccc1.[O-][Cl+3]([O-])([O-])[O-]. The Morgan fingerprint density at radius 2 is 1.52 bits per heavy atom. The Labute approximate surface area is 131 Å². The Kier molecular flexibility index (Phi) is 4.94. The van der Waals surface area contributed by atoms with Crippen molar-refractivity contribution >= 4 is 10.9 Å². The van der Waals surface area contributed by atoms with Crippen molar-refractivity contribution in [1.82, 2.24) is 4.98 Å². The topological polar surface area (TPSA) is 149 Å². The van der Waals surface area contributed by atoms with Crippen LogP contribution in [-0.2, 0) is 0 Å². The minimum absolute atomic E-state index is 0.00875. The maximum absolute atomic E-state index is 12.0. The Morgan fingerprint density at radius 1 is 0.957 bits per heavy atom. The number of hydrogen-bond donors (Lipinski definition) is 2. The molecule has 0 amide bonds. The second-order valence-electron chi connectivity index (χ2n) is 4.36. The van der Waals surface area contributed by atoms with Gasteiger partial charge >= 0.3 is 11.2 Å². The van der Waals surface area contributed by atoms with Crippen molar-refractivity contribution in [3.05, 3.63) is 65.2 Å². The summed E-state index contributed by atoms with van der Waals surface area (Å²) in [4.78, 5) is 14.8. The smallest absolute Gasteiger partial charge is 0.325 e. The number of H-pyrrole nitrogens is 1. The van der Waals surface area contributed by atoms with E-state index in [1.807, 2.05) is 18.2 Å². The van der Waals surface area contributed by atoms with E-state index in [0.717, 1.165) is 0 Å². The normalized spacial score (nSPS) is 11.0. The van der Waals surface area contributed by atoms with Crippen LogP contribution in [0.15, 0.2) is 59.7 Å². The molecule has 23 heavy (non-hydrogen) atoms. The van der Waals surface area contributed by atoms with Gasteiger partial charge in [-0.2, -0.15) is 4.57 Å². The summed E-state index contributed by atoms with van der Waals surface area (Å²) in [6.07, 6.45) is 3.44. The number of benzene rings is 1. The average Bonchev–Trinajstić information content (AvgIpc) is 2.47. The summed E-state index contributed by atoms with van der Waals surface area (Å²) in [5.74, 6) is -0.00875. The van der Waals surface area contributed by atoms with Crippen molar-refractivity contribution in [3.63, 3.8) is 0 Å². The predicted octanol–water partition coefficient (Wildman–Crippen LogP) is -3.25. The van der Waals surface area contributed by atoms with Crippen LogP contribution in [0.2, 0.25) is 0 Å². The van der Waals surface area contributed by atoms with Gasteiger partial charge in [-0.05, 0) is 12.1 Å². The molecule has 0 saturated carbocycles. The third-order valence-corrected chi connectivity index (χ3v) is 2.84. The van der Waals surface area contributed by atoms with Crippen molar-refractivity contribution in [3.8, 4) is 11.4 Å². The Balaban J connectivity index is 0.000000338. The molecule has 0 saturated heterocycles. The van der Waals surface area contributed by atoms with Crippen LogP contribution in [0.4, 0.5) is 0 Å². The van der Waals surface area contributed by atoms with Gasteiger partial charge in [-0.3, -0.25) is 4.79 Å². The summed E-state index contributed by atoms with van der Waals surface area (Å²) in [6.45, 7) is 0. The number of nitrogens with one attached hydrogen (secondary N) is 1. The molecule has 1 aromatic carbocycles. The summed E-state index contributed by atoms with van der Waals surface area (Å²) in [5.41, 5.74) is 0.539. The highest BCUT2D eigenvalue weighted by atomic mass is 35.7. The minimum atomic E-state index is -4.94. The molecule has 0 fully saturated rings. The van der Waals surface area contributed by atoms with Gasteiger partial charge in [-0.15, -0.1) is 10.2 Å². The van der Waals surface area contributed by atoms with Gasteiger partial charge < -0.3 is 10.1 Å². The molecule has 8 nitrogen and oxygen atoms in total. The molecule has 0 aliphatic heterocycles. The van der Waals surface area contributed by atoms with Gasteiger partial charge in [-0.1, -0.05) is 18.2 Å². The zero-order valence-electron chi connectivity index (χ0n) is 11.5. The van der Waals surface area contributed by atoms with Crippen LogP contribution in [0.3, 0.4) is 0 Å². The van der Waals surface area contributed by atoms with Crippen molar-refractivity contribution in [2.24, 2.45) is 0 Å². The third kappa shape index (κ3) is 4.49. The Bertz CT molecular complexity index is 855. The fraction of sp³-hybridized carbons (Fsp3) is 0. The van der Waals surface area contributed by atoms with Crippen molar-refractivity contribution in [2.45, 2.75) is 0 Å². The maximum Gasteiger partial charge on any atom is 0.325 e. The fourth-order valence-electron chi connectivity index (χ4n) is 2.00. The van der Waals surface area contributed by atoms with Crippen molar-refractivity contribution < 1.29 is 38.6 Å². The number of aromatic hydroxyl groups is 1. The first-order chi connectivity index (χ1) is 10.8. The zero-order valence-corrected chi connectivity index (χ0v) is 12.3. The molecular formula is C14H11ClN2O6. The number of hydrogen-bond acceptors (Lipinski definition) is 6. The lowest BCUT2D eigenvalue weighted by atomic mass is 10.2. The molecule has 0 radical (unpaired) electrons. The number of fused-ring (bicyclic) bond motifs is 1. The molecule has 120 valence electrons. The lowest BCUT2D eigenvalue weighted by molar-refractivity contribution is -2.00. The summed E-state index contributed by atoms with van der Waals surface area (Å²) in [6, 6.07) is 12.6. The van der Waals surface area contributed by atoms with Gasteiger partial charge in [0.05, 0.1) is 5.52 Å². The van der Waals surface area contributed by atoms with E-state index in [4.69, 9.17) is 18.6 Å². The minimum Gasteiger partial charge on any atom is -0.502 e. The third-order valence-electron chi connectivity index (χ3n) is 2.84. The largest absolute Gasteiger partial charge is 0.502 e. The number of rotatable bonds is 1. The quantitative estimate of drug-likeness (QED) is 0.445. The monoisotopic (exact) mass is 338 g/mol. The number of para-hydroxylation sites is 1. The van der Waals surface area contributed by atoms with E-state index in [2.05, 4.69) is 4.98 Å². The molecule has 0 unspecified atom stereocenters. The summed E-state index contributed by atoms with van der Waals surface area (Å²) < 4.78 is 35.6. The first-order valence-electron chi connectivity index (χ1n) is 6.20. The van der Waals surface area contributed by atoms with E-state index in [1.54, 1.807) is 41.2 Å². The van der Waals surface area contributed by atoms with Crippen LogP contribution in [0.1, 0.15) is 0 Å². The summed E-state index contributed by atoms with van der Waals surface area (Å²) in [5, 5.41) is 10.9. The molecule has 0 aliphatic rings. The number of aromatic amines is 1. The first kappa shape index (κ1) is 16.9. The highest BCUT2D eigenvalue weighted by Crippen LogP contribution is 2.23. The summed E-state index contributed by atoms with van der Waals surface area (Å²) in [7, 11) is -4.94. The predicted molar refractivity (Wildman–Crippen MR) is 67.8 cm³/mol. The van der Waals surface area contributed by atoms with Crippen LogP contribution in [0.5, 0.6) is 5.75 Å². The molecule has 2 aromatic heterocycles. The Morgan fingerprint density at radius 3 is 2.13 bits per heavy atom. The van der Waals surface area contributed by atoms with Crippen LogP contribution in [-0.4, -0.2) is 10.1 Å². The van der Waals surface area contributed by atoms with Crippen LogP contribution >= 0.6 is 0 Å². The standard InChI is InChI=1S/C14H10N2O2.ClHO4/c17-13-10-6-2-3-7-11(10)15-14(18)12(13)16-8-4-1-5-9-16;2-1(3,4)5/h1-9H,(H-,15,17,18);(H,2,3,4,5). The molecule has 3 rings (SSSR count). The molecule has 0 aliphatic carbocycles. The van der Waals surface area contributed by atoms with E-state index in [0.29, 0.717) is 10.9 Å². The van der Waals surface area contributed by atoms with Crippen molar-refractivity contribution in [2.75, 3.05) is 0 Å². The van der Waals surface area contributed by atoms with E-state index in [1.165, 1.54) is 0 Å². The Hall–Kier alpha value is -2.49. The zero-order chi connectivity index (χ0) is 17.0. The molecular weight excluding hydrogens is 328 g/mol. The molecule has 0 spiro atoms. The summed E-state index contributed by atoms with van der Waals surface area (Å²) >= 11 is 0.